The number of likely N-dealkylation sites (tertiary alicyclic amines) is 1. The van der Waals surface area contributed by atoms with E-state index in [1.807, 2.05) is 0 Å². The molecule has 0 saturated carbocycles. The van der Waals surface area contributed by atoms with E-state index in [0.717, 1.165) is 51.6 Å². The Hall–Kier alpha value is -0.610. The average molecular weight is 225 g/mol. The molecular formula is C12H23N3O. The smallest absolute Gasteiger partial charge is 0.0958 e. The molecule has 0 bridgehead atoms. The van der Waals surface area contributed by atoms with Crippen molar-refractivity contribution in [3.05, 3.63) is 0 Å². The van der Waals surface area contributed by atoms with Gasteiger partial charge in [0, 0.05) is 32.6 Å². The van der Waals surface area contributed by atoms with E-state index in [-0.39, 0.29) is 0 Å². The maximum atomic E-state index is 7.92. The van der Waals surface area contributed by atoms with Gasteiger partial charge in [0.2, 0.25) is 0 Å². The number of rotatable bonds is 3. The molecule has 0 radical (unpaired) electrons. The van der Waals surface area contributed by atoms with Crippen LogP contribution in [-0.4, -0.2) is 61.1 Å². The molecule has 4 nitrogen and oxygen atoms in total. The molecule has 0 aromatic heterocycles. The van der Waals surface area contributed by atoms with Crippen LogP contribution in [0.25, 0.3) is 0 Å². The first-order valence-corrected chi connectivity index (χ1v) is 6.46. The van der Waals surface area contributed by atoms with Crippen molar-refractivity contribution in [1.82, 2.24) is 9.80 Å². The van der Waals surface area contributed by atoms with Gasteiger partial charge in [-0.15, -0.1) is 0 Å². The Labute approximate surface area is 98.1 Å². The van der Waals surface area contributed by atoms with Crippen molar-refractivity contribution in [2.75, 3.05) is 39.3 Å². The molecule has 1 atom stereocenters. The molecule has 92 valence electrons. The highest BCUT2D eigenvalue weighted by Gasteiger charge is 2.24. The zero-order valence-corrected chi connectivity index (χ0v) is 10.2. The lowest BCUT2D eigenvalue weighted by Gasteiger charge is -2.37. The van der Waals surface area contributed by atoms with E-state index in [1.54, 1.807) is 0 Å². The Bertz CT molecular complexity index is 244. The number of nitrogens with zero attached hydrogens (tertiary/aromatic N) is 2. The summed E-state index contributed by atoms with van der Waals surface area (Å²) in [5.41, 5.74) is 0. The van der Waals surface area contributed by atoms with Crippen LogP contribution in [0.3, 0.4) is 0 Å². The molecule has 0 aromatic rings. The van der Waals surface area contributed by atoms with Crippen LogP contribution in [-0.2, 0) is 4.74 Å². The van der Waals surface area contributed by atoms with Crippen molar-refractivity contribution in [2.45, 2.75) is 32.3 Å². The van der Waals surface area contributed by atoms with Crippen molar-refractivity contribution < 1.29 is 4.74 Å². The Kier molecular flexibility index (Phi) is 4.18. The van der Waals surface area contributed by atoms with Gasteiger partial charge in [0.25, 0.3) is 0 Å². The first kappa shape index (κ1) is 11.9. The van der Waals surface area contributed by atoms with E-state index in [0.29, 0.717) is 6.10 Å². The minimum Gasteiger partial charge on any atom is -0.374 e. The maximum absolute atomic E-state index is 7.92. The van der Waals surface area contributed by atoms with Crippen molar-refractivity contribution in [3.63, 3.8) is 0 Å². The van der Waals surface area contributed by atoms with Gasteiger partial charge in [-0.2, -0.15) is 0 Å². The first-order valence-electron chi connectivity index (χ1n) is 6.46. The first-order chi connectivity index (χ1) is 7.79. The van der Waals surface area contributed by atoms with Gasteiger partial charge in [-0.05, 0) is 19.4 Å². The molecule has 1 unspecified atom stereocenters. The van der Waals surface area contributed by atoms with Gasteiger partial charge in [0.1, 0.15) is 0 Å². The summed E-state index contributed by atoms with van der Waals surface area (Å²) in [4.78, 5) is 4.63. The fourth-order valence-electron chi connectivity index (χ4n) is 2.51. The monoisotopic (exact) mass is 225 g/mol. The second kappa shape index (κ2) is 5.64. The second-order valence-corrected chi connectivity index (χ2v) is 4.74. The standard InChI is InChI=1S/C12H23N3O/c1-2-14-7-8-16-11(9-14)10-15-6-4-3-5-12(15)13/h11,13H,2-10H2,1H3. The number of amidine groups is 1. The molecule has 2 fully saturated rings. The van der Waals surface area contributed by atoms with Crippen LogP contribution < -0.4 is 0 Å². The zero-order valence-electron chi connectivity index (χ0n) is 10.2. The number of ether oxygens (including phenoxy) is 1. The maximum Gasteiger partial charge on any atom is 0.0958 e. The molecule has 0 spiro atoms. The van der Waals surface area contributed by atoms with E-state index in [4.69, 9.17) is 10.1 Å². The molecule has 2 saturated heterocycles. The van der Waals surface area contributed by atoms with Gasteiger partial charge in [0.15, 0.2) is 0 Å². The highest BCUT2D eigenvalue weighted by atomic mass is 16.5. The van der Waals surface area contributed by atoms with Gasteiger partial charge in [0.05, 0.1) is 18.5 Å². The third-order valence-corrected chi connectivity index (χ3v) is 3.57. The summed E-state index contributed by atoms with van der Waals surface area (Å²) in [5.74, 6) is 0.809. The highest BCUT2D eigenvalue weighted by molar-refractivity contribution is 5.79. The summed E-state index contributed by atoms with van der Waals surface area (Å²) in [6.45, 7) is 8.20. The molecule has 0 aromatic carbocycles. The van der Waals surface area contributed by atoms with Crippen molar-refractivity contribution >= 4 is 5.84 Å². The molecule has 4 heteroatoms. The molecular weight excluding hydrogens is 202 g/mol. The quantitative estimate of drug-likeness (QED) is 0.783. The molecule has 0 aliphatic carbocycles. The normalized spacial score (nSPS) is 28.4. The minimum atomic E-state index is 0.298. The summed E-state index contributed by atoms with van der Waals surface area (Å²) in [6.07, 6.45) is 3.66. The van der Waals surface area contributed by atoms with E-state index in [9.17, 15) is 0 Å². The van der Waals surface area contributed by atoms with Crippen LogP contribution in [0, 0.1) is 5.41 Å². The average Bonchev–Trinajstić information content (AvgIpc) is 2.32. The Morgan fingerprint density at radius 3 is 3.00 bits per heavy atom. The number of hydrogen-bond donors (Lipinski definition) is 1. The molecule has 1 N–H and O–H groups in total. The largest absolute Gasteiger partial charge is 0.374 e. The number of hydrogen-bond acceptors (Lipinski definition) is 3. The topological polar surface area (TPSA) is 39.6 Å². The summed E-state index contributed by atoms with van der Waals surface area (Å²) >= 11 is 0. The summed E-state index contributed by atoms with van der Waals surface area (Å²) in [5, 5.41) is 7.92. The Morgan fingerprint density at radius 2 is 2.25 bits per heavy atom. The fraction of sp³-hybridized carbons (Fsp3) is 0.917. The molecule has 2 heterocycles. The van der Waals surface area contributed by atoms with Crippen molar-refractivity contribution in [1.29, 1.82) is 5.41 Å². The van der Waals surface area contributed by atoms with Crippen LogP contribution in [0.15, 0.2) is 0 Å². The van der Waals surface area contributed by atoms with Crippen LogP contribution >= 0.6 is 0 Å². The summed E-state index contributed by atoms with van der Waals surface area (Å²) < 4.78 is 5.78. The lowest BCUT2D eigenvalue weighted by atomic mass is 10.1. The van der Waals surface area contributed by atoms with Gasteiger partial charge in [-0.1, -0.05) is 6.92 Å². The van der Waals surface area contributed by atoms with Crippen molar-refractivity contribution in [3.8, 4) is 0 Å². The second-order valence-electron chi connectivity index (χ2n) is 4.74. The van der Waals surface area contributed by atoms with Crippen LogP contribution in [0.1, 0.15) is 26.2 Å². The lowest BCUT2D eigenvalue weighted by molar-refractivity contribution is -0.0354. The Morgan fingerprint density at radius 1 is 1.38 bits per heavy atom. The number of likely N-dealkylation sites (N-methyl/N-ethyl adjacent to an activating group) is 1. The Balaban J connectivity index is 1.81. The summed E-state index contributed by atoms with van der Waals surface area (Å²) in [6, 6.07) is 0. The molecule has 2 rings (SSSR count). The van der Waals surface area contributed by atoms with Gasteiger partial charge in [-0.25, -0.2) is 0 Å². The van der Waals surface area contributed by atoms with E-state index >= 15 is 0 Å². The molecule has 2 aliphatic heterocycles. The lowest BCUT2D eigenvalue weighted by Crippen LogP contribution is -2.49. The van der Waals surface area contributed by atoms with E-state index < -0.39 is 0 Å². The number of morpholine rings is 1. The number of nitrogens with one attached hydrogen (secondary N) is 1. The predicted octanol–water partition coefficient (Wildman–Crippen LogP) is 1.17. The fourth-order valence-corrected chi connectivity index (χ4v) is 2.51. The third-order valence-electron chi connectivity index (χ3n) is 3.57. The van der Waals surface area contributed by atoms with E-state index in [2.05, 4.69) is 16.7 Å². The predicted molar refractivity (Wildman–Crippen MR) is 65.0 cm³/mol. The van der Waals surface area contributed by atoms with Crippen LogP contribution in [0.2, 0.25) is 0 Å². The van der Waals surface area contributed by atoms with Crippen LogP contribution in [0.5, 0.6) is 0 Å². The zero-order chi connectivity index (χ0) is 11.4. The molecule has 0 amide bonds. The summed E-state index contributed by atoms with van der Waals surface area (Å²) in [7, 11) is 0. The molecule has 16 heavy (non-hydrogen) atoms. The van der Waals surface area contributed by atoms with E-state index in [1.165, 1.54) is 12.8 Å². The van der Waals surface area contributed by atoms with Gasteiger partial charge < -0.3 is 9.64 Å². The van der Waals surface area contributed by atoms with Gasteiger partial charge >= 0.3 is 0 Å². The third kappa shape index (κ3) is 2.95. The minimum absolute atomic E-state index is 0.298. The number of piperidine rings is 1. The highest BCUT2D eigenvalue weighted by Crippen LogP contribution is 2.13. The van der Waals surface area contributed by atoms with Crippen molar-refractivity contribution in [2.24, 2.45) is 0 Å². The molecule has 2 aliphatic rings. The SMILES string of the molecule is CCN1CCOC(CN2CCCCC2=N)C1. The van der Waals surface area contributed by atoms with Gasteiger partial charge in [-0.3, -0.25) is 10.3 Å². The van der Waals surface area contributed by atoms with Crippen LogP contribution in [0.4, 0.5) is 0 Å².